The lowest BCUT2D eigenvalue weighted by Crippen LogP contribution is -2.39. The van der Waals surface area contributed by atoms with Crippen LogP contribution in [0.15, 0.2) is 6.17 Å². The van der Waals surface area contributed by atoms with Crippen molar-refractivity contribution in [2.75, 3.05) is 84.0 Å². The van der Waals surface area contributed by atoms with Crippen molar-refractivity contribution in [1.82, 2.24) is 19.9 Å². The first-order chi connectivity index (χ1) is 14.5. The highest BCUT2D eigenvalue weighted by Gasteiger charge is 2.22. The zero-order valence-electron chi connectivity index (χ0n) is 17.8. The molecule has 0 atom stereocenters. The van der Waals surface area contributed by atoms with Gasteiger partial charge in [-0.2, -0.15) is 0 Å². The van der Waals surface area contributed by atoms with Crippen LogP contribution in [-0.2, 0) is 41.9 Å². The average molecular weight is 437 g/mol. The van der Waals surface area contributed by atoms with Crippen LogP contribution in [0.3, 0.4) is 0 Å². The molecule has 0 radical (unpaired) electrons. The van der Waals surface area contributed by atoms with Crippen molar-refractivity contribution in [2.24, 2.45) is 5.73 Å². The zero-order chi connectivity index (χ0) is 21.7. The molecule has 29 heavy (non-hydrogen) atoms. The summed E-state index contributed by atoms with van der Waals surface area (Å²) in [4.78, 5) is 1.98. The van der Waals surface area contributed by atoms with Crippen LogP contribution < -0.4 is 5.73 Å². The van der Waals surface area contributed by atoms with E-state index in [0.29, 0.717) is 91.3 Å². The summed E-state index contributed by atoms with van der Waals surface area (Å²) >= 11 is 0. The van der Waals surface area contributed by atoms with E-state index in [4.69, 9.17) is 26.1 Å². The monoisotopic (exact) mass is 436 g/mol. The lowest BCUT2D eigenvalue weighted by atomic mass is 10.4. The number of ether oxygens (including phenoxy) is 4. The van der Waals surface area contributed by atoms with E-state index in [1.165, 1.54) is 4.68 Å². The average Bonchev–Trinajstić information content (AvgIpc) is 3.06. The summed E-state index contributed by atoms with van der Waals surface area (Å²) in [5.41, 5.74) is 5.86. The van der Waals surface area contributed by atoms with Crippen LogP contribution in [0.2, 0.25) is 0 Å². The van der Waals surface area contributed by atoms with Crippen LogP contribution in [0, 0.1) is 0 Å². The number of sulfone groups is 1. The molecule has 0 spiro atoms. The Morgan fingerprint density at radius 3 is 2.10 bits per heavy atom. The lowest BCUT2D eigenvalue weighted by Gasteiger charge is -2.25. The second-order valence-electron chi connectivity index (χ2n) is 6.54. The van der Waals surface area contributed by atoms with Crippen LogP contribution in [0.25, 0.3) is 0 Å². The minimum atomic E-state index is -2.92. The van der Waals surface area contributed by atoms with E-state index in [1.54, 1.807) is 0 Å². The predicted molar refractivity (Wildman–Crippen MR) is 106 cm³/mol. The van der Waals surface area contributed by atoms with Gasteiger partial charge < -0.3 is 24.7 Å². The van der Waals surface area contributed by atoms with Crippen molar-refractivity contribution in [1.29, 1.82) is 0 Å². The highest BCUT2D eigenvalue weighted by atomic mass is 32.2. The van der Waals surface area contributed by atoms with Gasteiger partial charge in [-0.25, -0.2) is 13.1 Å². The van der Waals surface area contributed by atoms with E-state index >= 15 is 0 Å². The van der Waals surface area contributed by atoms with E-state index in [1.807, 2.05) is 4.90 Å². The lowest BCUT2D eigenvalue weighted by molar-refractivity contribution is -0.00200. The highest BCUT2D eigenvalue weighted by molar-refractivity contribution is 7.91. The molecular formula is C17H33N5O6S. The van der Waals surface area contributed by atoms with Crippen LogP contribution in [0.1, 0.15) is 7.06 Å². The molecule has 0 aromatic carbocycles. The molecule has 0 amide bonds. The Morgan fingerprint density at radius 1 is 0.966 bits per heavy atom. The number of aromatic nitrogens is 3. The molecule has 1 aliphatic rings. The van der Waals surface area contributed by atoms with Crippen LogP contribution in [0.5, 0.6) is 0 Å². The standard InChI is InChI=1S/C17H33N5O6S/c18-1-5-25-7-9-27-11-12-28-10-8-26-6-2-22-16-17(19-20-22)15-21-3-13-29(23,24)14-4-21/h16H,1-15,18H2/i16D. The SMILES string of the molecule is [2H]c1c(CN2CCS(=O)(=O)CC2)nnn1CCOCCOCCOCCOCCN. The fraction of sp³-hybridized carbons (Fsp3) is 0.882. The van der Waals surface area contributed by atoms with Crippen molar-refractivity contribution in [3.05, 3.63) is 11.9 Å². The minimum absolute atomic E-state index is 0.152. The number of rotatable bonds is 16. The van der Waals surface area contributed by atoms with Crippen molar-refractivity contribution in [2.45, 2.75) is 13.1 Å². The van der Waals surface area contributed by atoms with Gasteiger partial charge in [0.05, 0.1) is 78.0 Å². The van der Waals surface area contributed by atoms with Gasteiger partial charge in [0, 0.05) is 32.4 Å². The molecule has 11 nitrogen and oxygen atoms in total. The summed E-state index contributed by atoms with van der Waals surface area (Å²) in [5, 5.41) is 8.05. The van der Waals surface area contributed by atoms with Gasteiger partial charge in [0.15, 0.2) is 9.84 Å². The third-order valence-electron chi connectivity index (χ3n) is 4.17. The summed E-state index contributed by atoms with van der Waals surface area (Å²) in [5.74, 6) is 0.305. The molecule has 0 unspecified atom stereocenters. The Balaban J connectivity index is 1.49. The summed E-state index contributed by atoms with van der Waals surface area (Å²) < 4.78 is 54.1. The molecule has 2 heterocycles. The molecule has 12 heteroatoms. The Hall–Kier alpha value is -1.15. The normalized spacial score (nSPS) is 17.5. The van der Waals surface area contributed by atoms with Crippen molar-refractivity contribution >= 4 is 9.84 Å². The Bertz CT molecular complexity index is 691. The maximum absolute atomic E-state index is 11.5. The molecule has 0 bridgehead atoms. The van der Waals surface area contributed by atoms with Crippen LogP contribution in [0.4, 0.5) is 0 Å². The molecule has 168 valence electrons. The Kier molecular flexibility index (Phi) is 10.8. The second kappa shape index (κ2) is 14.0. The number of nitrogens with two attached hydrogens (primary N) is 1. The number of nitrogens with zero attached hydrogens (tertiary/aromatic N) is 4. The van der Waals surface area contributed by atoms with Crippen LogP contribution >= 0.6 is 0 Å². The van der Waals surface area contributed by atoms with E-state index in [9.17, 15) is 8.42 Å². The summed E-state index contributed by atoms with van der Waals surface area (Å²) in [6.07, 6.45) is 0.232. The topological polar surface area (TPSA) is 131 Å². The van der Waals surface area contributed by atoms with E-state index in [2.05, 4.69) is 10.3 Å². The number of hydrogen-bond donors (Lipinski definition) is 1. The van der Waals surface area contributed by atoms with Gasteiger partial charge in [0.25, 0.3) is 0 Å². The molecule has 1 fully saturated rings. The van der Waals surface area contributed by atoms with Gasteiger partial charge in [-0.15, -0.1) is 5.10 Å². The fourth-order valence-electron chi connectivity index (χ4n) is 2.59. The predicted octanol–water partition coefficient (Wildman–Crippen LogP) is -1.47. The third kappa shape index (κ3) is 11.0. The summed E-state index contributed by atoms with van der Waals surface area (Å²) in [7, 11) is -2.92. The maximum atomic E-state index is 11.5. The summed E-state index contributed by atoms with van der Waals surface area (Å²) in [6.45, 7) is 6.17. The van der Waals surface area contributed by atoms with Crippen molar-refractivity contribution in [3.8, 4) is 0 Å². The van der Waals surface area contributed by atoms with E-state index < -0.39 is 9.84 Å². The first-order valence-electron chi connectivity index (χ1n) is 10.3. The summed E-state index contributed by atoms with van der Waals surface area (Å²) in [6, 6.07) is 0. The van der Waals surface area contributed by atoms with Gasteiger partial charge in [0.1, 0.15) is 0 Å². The second-order valence-corrected chi connectivity index (χ2v) is 8.84. The third-order valence-corrected chi connectivity index (χ3v) is 5.78. The molecule has 1 saturated heterocycles. The van der Waals surface area contributed by atoms with Gasteiger partial charge in [0.2, 0.25) is 0 Å². The quantitative estimate of drug-likeness (QED) is 0.307. The Morgan fingerprint density at radius 2 is 1.52 bits per heavy atom. The molecule has 0 aliphatic carbocycles. The smallest absolute Gasteiger partial charge is 0.152 e. The van der Waals surface area contributed by atoms with Gasteiger partial charge in [-0.3, -0.25) is 4.90 Å². The molecular weight excluding hydrogens is 402 g/mol. The molecule has 1 aromatic heterocycles. The van der Waals surface area contributed by atoms with Crippen molar-refractivity contribution < 1.29 is 28.7 Å². The van der Waals surface area contributed by atoms with Gasteiger partial charge in [-0.1, -0.05) is 5.21 Å². The Labute approximate surface area is 173 Å². The van der Waals surface area contributed by atoms with Gasteiger partial charge >= 0.3 is 0 Å². The first kappa shape index (κ1) is 22.5. The largest absolute Gasteiger partial charge is 0.378 e. The number of hydrogen-bond acceptors (Lipinski definition) is 10. The van der Waals surface area contributed by atoms with E-state index in [-0.39, 0.29) is 17.7 Å². The molecule has 0 saturated carbocycles. The maximum Gasteiger partial charge on any atom is 0.152 e. The van der Waals surface area contributed by atoms with Crippen molar-refractivity contribution in [3.63, 3.8) is 0 Å². The molecule has 1 aliphatic heterocycles. The fourth-order valence-corrected chi connectivity index (χ4v) is 3.86. The molecule has 2 N–H and O–H groups in total. The van der Waals surface area contributed by atoms with Crippen LogP contribution in [-0.4, -0.2) is 112 Å². The van der Waals surface area contributed by atoms with Gasteiger partial charge in [-0.05, 0) is 0 Å². The molecule has 1 aromatic rings. The highest BCUT2D eigenvalue weighted by Crippen LogP contribution is 2.07. The minimum Gasteiger partial charge on any atom is -0.378 e. The van der Waals surface area contributed by atoms with E-state index in [0.717, 1.165) is 0 Å². The molecule has 2 rings (SSSR count). The zero-order valence-corrected chi connectivity index (χ0v) is 17.6. The first-order valence-corrected chi connectivity index (χ1v) is 11.7.